The molecule has 0 N–H and O–H groups in total. The van der Waals surface area contributed by atoms with Crippen molar-refractivity contribution in [3.8, 4) is 6.07 Å². The van der Waals surface area contributed by atoms with Gasteiger partial charge in [0.25, 0.3) is 0 Å². The Morgan fingerprint density at radius 2 is 2.00 bits per heavy atom. The van der Waals surface area contributed by atoms with Gasteiger partial charge in [-0.1, -0.05) is 12.1 Å². The van der Waals surface area contributed by atoms with Gasteiger partial charge >= 0.3 is 5.97 Å². The van der Waals surface area contributed by atoms with E-state index in [2.05, 4.69) is 11.0 Å². The van der Waals surface area contributed by atoms with Gasteiger partial charge in [-0.2, -0.15) is 5.26 Å². The van der Waals surface area contributed by atoms with Crippen LogP contribution in [-0.4, -0.2) is 36.6 Å². The molecule has 1 aliphatic carbocycles. The third-order valence-corrected chi connectivity index (χ3v) is 6.01. The lowest BCUT2D eigenvalue weighted by Gasteiger charge is -2.39. The predicted octanol–water partition coefficient (Wildman–Crippen LogP) is 3.80. The highest BCUT2D eigenvalue weighted by atomic mass is 19.1. The molecule has 1 saturated carbocycles. The van der Waals surface area contributed by atoms with Crippen LogP contribution in [0, 0.1) is 23.1 Å². The number of carbonyl (C=O) groups excluding carboxylic acids is 1. The molecule has 1 atom stereocenters. The van der Waals surface area contributed by atoms with E-state index in [4.69, 9.17) is 4.74 Å². The number of rotatable bonds is 5. The summed E-state index contributed by atoms with van der Waals surface area (Å²) in [4.78, 5) is 14.2. The molecule has 4 nitrogen and oxygen atoms in total. The lowest BCUT2D eigenvalue weighted by Crippen LogP contribution is -2.41. The van der Waals surface area contributed by atoms with Crippen molar-refractivity contribution in [2.24, 2.45) is 5.92 Å². The Kier molecular flexibility index (Phi) is 5.93. The lowest BCUT2D eigenvalue weighted by molar-refractivity contribution is -0.144. The number of likely N-dealkylation sites (tertiary alicyclic amines) is 1. The van der Waals surface area contributed by atoms with Crippen LogP contribution >= 0.6 is 0 Å². The minimum absolute atomic E-state index is 0.0946. The molecular weight excluding hydrogens is 331 g/mol. The first kappa shape index (κ1) is 18.8. The normalized spacial score (nSPS) is 29.3. The Morgan fingerprint density at radius 3 is 2.62 bits per heavy atom. The van der Waals surface area contributed by atoms with Crippen molar-refractivity contribution in [1.29, 1.82) is 5.26 Å². The zero-order valence-corrected chi connectivity index (χ0v) is 15.4. The van der Waals surface area contributed by atoms with Crippen molar-refractivity contribution < 1.29 is 13.9 Å². The first-order chi connectivity index (χ1) is 12.6. The summed E-state index contributed by atoms with van der Waals surface area (Å²) >= 11 is 0. The van der Waals surface area contributed by atoms with E-state index in [1.54, 1.807) is 12.1 Å². The maximum atomic E-state index is 13.2. The van der Waals surface area contributed by atoms with Crippen molar-refractivity contribution in [1.82, 2.24) is 4.90 Å². The standard InChI is InChI=1S/C21H27FN2O2/c1-2-26-20(25)13-16-9-12-24(14-16)19-7-10-21(15-23,11-8-19)17-3-5-18(22)6-4-17/h3-6,16,19H,2,7-14H2,1H3/t16-,19?,21?/m1/s1. The Bertz CT molecular complexity index is 660. The number of benzene rings is 1. The molecule has 1 heterocycles. The number of hydrogen-bond donors (Lipinski definition) is 0. The molecule has 2 fully saturated rings. The Labute approximate surface area is 154 Å². The highest BCUT2D eigenvalue weighted by Gasteiger charge is 2.40. The van der Waals surface area contributed by atoms with Gasteiger partial charge in [0.2, 0.25) is 0 Å². The summed E-state index contributed by atoms with van der Waals surface area (Å²) in [5.41, 5.74) is 0.440. The van der Waals surface area contributed by atoms with Crippen LogP contribution in [0.15, 0.2) is 24.3 Å². The third kappa shape index (κ3) is 4.07. The highest BCUT2D eigenvalue weighted by Crippen LogP contribution is 2.41. The molecule has 0 unspecified atom stereocenters. The summed E-state index contributed by atoms with van der Waals surface area (Å²) in [5.74, 6) is 0.0248. The zero-order valence-electron chi connectivity index (χ0n) is 15.4. The molecule has 0 aromatic heterocycles. The SMILES string of the molecule is CCOC(=O)C[C@H]1CCN(C2CCC(C#N)(c3ccc(F)cc3)CC2)C1. The Balaban J connectivity index is 1.56. The molecule has 0 radical (unpaired) electrons. The van der Waals surface area contributed by atoms with Gasteiger partial charge in [0, 0.05) is 19.0 Å². The van der Waals surface area contributed by atoms with Gasteiger partial charge in [0.15, 0.2) is 0 Å². The molecule has 0 spiro atoms. The van der Waals surface area contributed by atoms with Gasteiger partial charge in [-0.15, -0.1) is 0 Å². The summed E-state index contributed by atoms with van der Waals surface area (Å²) in [6.45, 7) is 4.24. The van der Waals surface area contributed by atoms with Gasteiger partial charge in [0.05, 0.1) is 18.1 Å². The predicted molar refractivity (Wildman–Crippen MR) is 96.9 cm³/mol. The number of halogens is 1. The second-order valence-corrected chi connectivity index (χ2v) is 7.59. The van der Waals surface area contributed by atoms with Crippen LogP contribution in [0.3, 0.4) is 0 Å². The molecule has 1 aliphatic heterocycles. The van der Waals surface area contributed by atoms with Crippen LogP contribution in [0.4, 0.5) is 4.39 Å². The Hall–Kier alpha value is -1.93. The Morgan fingerprint density at radius 1 is 1.31 bits per heavy atom. The van der Waals surface area contributed by atoms with E-state index < -0.39 is 5.41 Å². The van der Waals surface area contributed by atoms with E-state index in [1.807, 2.05) is 6.92 Å². The topological polar surface area (TPSA) is 53.3 Å². The first-order valence-electron chi connectivity index (χ1n) is 9.63. The fraction of sp³-hybridized carbons (Fsp3) is 0.619. The van der Waals surface area contributed by atoms with Gasteiger partial charge < -0.3 is 9.64 Å². The summed E-state index contributed by atoms with van der Waals surface area (Å²) in [5, 5.41) is 9.80. The van der Waals surface area contributed by atoms with E-state index in [0.29, 0.717) is 25.0 Å². The fourth-order valence-electron chi connectivity index (χ4n) is 4.51. The van der Waals surface area contributed by atoms with Gasteiger partial charge in [-0.25, -0.2) is 4.39 Å². The molecular formula is C21H27FN2O2. The smallest absolute Gasteiger partial charge is 0.306 e. The van der Waals surface area contributed by atoms with E-state index in [9.17, 15) is 14.4 Å². The maximum absolute atomic E-state index is 13.2. The number of esters is 1. The second kappa shape index (κ2) is 8.18. The largest absolute Gasteiger partial charge is 0.466 e. The van der Waals surface area contributed by atoms with E-state index in [-0.39, 0.29) is 11.8 Å². The number of nitrogens with zero attached hydrogens (tertiary/aromatic N) is 2. The first-order valence-corrected chi connectivity index (χ1v) is 9.63. The van der Waals surface area contributed by atoms with Crippen LogP contribution < -0.4 is 0 Å². The monoisotopic (exact) mass is 358 g/mol. The van der Waals surface area contributed by atoms with Crippen LogP contribution in [0.25, 0.3) is 0 Å². The number of nitriles is 1. The van der Waals surface area contributed by atoms with E-state index in [1.165, 1.54) is 12.1 Å². The minimum Gasteiger partial charge on any atom is -0.466 e. The van der Waals surface area contributed by atoms with Crippen LogP contribution in [0.2, 0.25) is 0 Å². The number of carbonyl (C=O) groups is 1. The molecule has 2 aliphatic rings. The lowest BCUT2D eigenvalue weighted by atomic mass is 9.69. The summed E-state index contributed by atoms with van der Waals surface area (Å²) < 4.78 is 18.3. The van der Waals surface area contributed by atoms with Crippen molar-refractivity contribution in [3.05, 3.63) is 35.6 Å². The fourth-order valence-corrected chi connectivity index (χ4v) is 4.51. The molecule has 1 aromatic rings. The molecule has 140 valence electrons. The highest BCUT2D eigenvalue weighted by molar-refractivity contribution is 5.69. The van der Waals surface area contributed by atoms with Crippen molar-refractivity contribution >= 4 is 5.97 Å². The van der Waals surface area contributed by atoms with E-state index in [0.717, 1.165) is 50.8 Å². The average molecular weight is 358 g/mol. The maximum Gasteiger partial charge on any atom is 0.306 e. The number of ether oxygens (including phenoxy) is 1. The summed E-state index contributed by atoms with van der Waals surface area (Å²) in [6, 6.07) is 9.39. The second-order valence-electron chi connectivity index (χ2n) is 7.59. The van der Waals surface area contributed by atoms with Gasteiger partial charge in [-0.05, 0) is 69.2 Å². The van der Waals surface area contributed by atoms with Crippen LogP contribution in [0.1, 0.15) is 51.0 Å². The molecule has 3 rings (SSSR count). The van der Waals surface area contributed by atoms with Crippen LogP contribution in [-0.2, 0) is 14.9 Å². The quantitative estimate of drug-likeness (QED) is 0.751. The third-order valence-electron chi connectivity index (χ3n) is 6.01. The molecule has 0 bridgehead atoms. The van der Waals surface area contributed by atoms with E-state index >= 15 is 0 Å². The average Bonchev–Trinajstić information content (AvgIpc) is 3.11. The molecule has 1 saturated heterocycles. The van der Waals surface area contributed by atoms with Crippen LogP contribution in [0.5, 0.6) is 0 Å². The van der Waals surface area contributed by atoms with Crippen molar-refractivity contribution in [3.63, 3.8) is 0 Å². The molecule has 5 heteroatoms. The van der Waals surface area contributed by atoms with Crippen molar-refractivity contribution in [2.45, 2.75) is 56.9 Å². The number of hydrogen-bond acceptors (Lipinski definition) is 4. The van der Waals surface area contributed by atoms with Crippen molar-refractivity contribution in [2.75, 3.05) is 19.7 Å². The molecule has 1 aromatic carbocycles. The van der Waals surface area contributed by atoms with Gasteiger partial charge in [0.1, 0.15) is 5.82 Å². The molecule has 26 heavy (non-hydrogen) atoms. The molecule has 0 amide bonds. The zero-order chi connectivity index (χ0) is 18.6. The minimum atomic E-state index is -0.492. The summed E-state index contributed by atoms with van der Waals surface area (Å²) in [7, 11) is 0. The van der Waals surface area contributed by atoms with Gasteiger partial charge in [-0.3, -0.25) is 4.79 Å². The summed E-state index contributed by atoms with van der Waals surface area (Å²) in [6.07, 6.45) is 5.09.